The number of furan rings is 1. The van der Waals surface area contributed by atoms with E-state index in [1.807, 2.05) is 16.7 Å². The Morgan fingerprint density at radius 1 is 1.56 bits per heavy atom. The van der Waals surface area contributed by atoms with Gasteiger partial charge in [-0.3, -0.25) is 0 Å². The van der Waals surface area contributed by atoms with Crippen molar-refractivity contribution in [2.45, 2.75) is 32.4 Å². The van der Waals surface area contributed by atoms with Gasteiger partial charge in [0.05, 0.1) is 6.26 Å². The van der Waals surface area contributed by atoms with Gasteiger partial charge in [0.2, 0.25) is 0 Å². The third kappa shape index (κ3) is 2.30. The van der Waals surface area contributed by atoms with Crippen LogP contribution < -0.4 is 0 Å². The van der Waals surface area contributed by atoms with E-state index in [-0.39, 0.29) is 12.6 Å². The van der Waals surface area contributed by atoms with Crippen LogP contribution in [0, 0.1) is 0 Å². The van der Waals surface area contributed by atoms with Crippen LogP contribution in [0.5, 0.6) is 0 Å². The lowest BCUT2D eigenvalue weighted by molar-refractivity contribution is 0.259. The van der Waals surface area contributed by atoms with Gasteiger partial charge in [0.1, 0.15) is 18.7 Å². The maximum absolute atomic E-state index is 9.07. The van der Waals surface area contributed by atoms with Crippen LogP contribution in [-0.2, 0) is 13.0 Å². The first-order valence-electron chi connectivity index (χ1n) is 5.33. The summed E-state index contributed by atoms with van der Waals surface area (Å²) in [7, 11) is 0. The Bertz CT molecular complexity index is 422. The zero-order chi connectivity index (χ0) is 11.4. The molecule has 0 bridgehead atoms. The van der Waals surface area contributed by atoms with Crippen LogP contribution in [0.25, 0.3) is 0 Å². The van der Waals surface area contributed by atoms with Gasteiger partial charge in [0.15, 0.2) is 5.82 Å². The first-order chi connectivity index (χ1) is 7.81. The smallest absolute Gasteiger partial charge is 0.158 e. The highest BCUT2D eigenvalue weighted by Crippen LogP contribution is 2.16. The largest absolute Gasteiger partial charge is 0.469 e. The molecule has 5 nitrogen and oxygen atoms in total. The summed E-state index contributed by atoms with van der Waals surface area (Å²) in [6, 6.07) is 4.10. The summed E-state index contributed by atoms with van der Waals surface area (Å²) in [6.07, 6.45) is 5.13. The molecular formula is C11H15N3O2. The van der Waals surface area contributed by atoms with Crippen LogP contribution >= 0.6 is 0 Å². The van der Waals surface area contributed by atoms with Crippen molar-refractivity contribution >= 4 is 0 Å². The van der Waals surface area contributed by atoms with E-state index in [0.29, 0.717) is 5.82 Å². The fourth-order valence-electron chi connectivity index (χ4n) is 1.69. The van der Waals surface area contributed by atoms with Crippen molar-refractivity contribution < 1.29 is 9.52 Å². The van der Waals surface area contributed by atoms with Crippen molar-refractivity contribution in [3.05, 3.63) is 36.3 Å². The van der Waals surface area contributed by atoms with Crippen LogP contribution in [-0.4, -0.2) is 19.9 Å². The molecule has 0 aliphatic carbocycles. The number of hydrogen-bond acceptors (Lipinski definition) is 4. The molecule has 2 rings (SSSR count). The van der Waals surface area contributed by atoms with Crippen molar-refractivity contribution in [2.24, 2.45) is 0 Å². The van der Waals surface area contributed by atoms with Gasteiger partial charge in [-0.05, 0) is 25.5 Å². The van der Waals surface area contributed by atoms with Crippen molar-refractivity contribution in [1.82, 2.24) is 14.8 Å². The minimum atomic E-state index is -0.0783. The maximum atomic E-state index is 9.07. The fraction of sp³-hybridized carbons (Fsp3) is 0.455. The SMILES string of the molecule is CC(CCc1ccco1)n1cnnc1CO. The summed E-state index contributed by atoms with van der Waals surface area (Å²) in [5, 5.41) is 16.7. The van der Waals surface area contributed by atoms with Crippen LogP contribution in [0.2, 0.25) is 0 Å². The average Bonchev–Trinajstić information content (AvgIpc) is 2.96. The second-order valence-electron chi connectivity index (χ2n) is 3.78. The minimum absolute atomic E-state index is 0.0783. The molecule has 0 aliphatic rings. The van der Waals surface area contributed by atoms with E-state index in [1.54, 1.807) is 12.6 Å². The standard InChI is InChI=1S/C11H15N3O2/c1-9(4-5-10-3-2-6-16-10)14-8-12-13-11(14)7-15/h2-3,6,8-9,15H,4-5,7H2,1H3. The Kier molecular flexibility index (Phi) is 3.36. The molecule has 0 aliphatic heterocycles. The molecule has 2 aromatic heterocycles. The highest BCUT2D eigenvalue weighted by Gasteiger charge is 2.10. The van der Waals surface area contributed by atoms with Crippen LogP contribution in [0.3, 0.4) is 0 Å². The molecule has 0 radical (unpaired) electrons. The highest BCUT2D eigenvalue weighted by atomic mass is 16.3. The van der Waals surface area contributed by atoms with Crippen LogP contribution in [0.1, 0.15) is 31.0 Å². The van der Waals surface area contributed by atoms with Crippen LogP contribution in [0.15, 0.2) is 29.1 Å². The zero-order valence-electron chi connectivity index (χ0n) is 9.21. The molecule has 16 heavy (non-hydrogen) atoms. The Labute approximate surface area is 93.7 Å². The third-order valence-corrected chi connectivity index (χ3v) is 2.65. The lowest BCUT2D eigenvalue weighted by Gasteiger charge is -2.13. The zero-order valence-corrected chi connectivity index (χ0v) is 9.21. The predicted octanol–water partition coefficient (Wildman–Crippen LogP) is 1.56. The molecule has 1 unspecified atom stereocenters. The summed E-state index contributed by atoms with van der Waals surface area (Å²) >= 11 is 0. The number of aliphatic hydroxyl groups excluding tert-OH is 1. The molecule has 2 heterocycles. The van der Waals surface area contributed by atoms with Gasteiger partial charge < -0.3 is 14.1 Å². The summed E-state index contributed by atoms with van der Waals surface area (Å²) in [5.74, 6) is 1.58. The van der Waals surface area contributed by atoms with E-state index in [0.717, 1.165) is 18.6 Å². The molecule has 86 valence electrons. The van der Waals surface area contributed by atoms with Gasteiger partial charge in [0, 0.05) is 12.5 Å². The molecule has 0 aromatic carbocycles. The number of aliphatic hydroxyl groups is 1. The summed E-state index contributed by atoms with van der Waals surface area (Å²) in [5.41, 5.74) is 0. The topological polar surface area (TPSA) is 64.1 Å². The predicted molar refractivity (Wildman–Crippen MR) is 57.7 cm³/mol. The van der Waals surface area contributed by atoms with Crippen molar-refractivity contribution in [3.8, 4) is 0 Å². The summed E-state index contributed by atoms with van der Waals surface area (Å²) < 4.78 is 7.16. The van der Waals surface area contributed by atoms with Gasteiger partial charge in [-0.15, -0.1) is 10.2 Å². The molecular weight excluding hydrogens is 206 g/mol. The fourth-order valence-corrected chi connectivity index (χ4v) is 1.69. The van der Waals surface area contributed by atoms with Gasteiger partial charge >= 0.3 is 0 Å². The second kappa shape index (κ2) is 4.94. The lowest BCUT2D eigenvalue weighted by atomic mass is 10.1. The molecule has 0 fully saturated rings. The number of hydrogen-bond donors (Lipinski definition) is 1. The number of nitrogens with zero attached hydrogens (tertiary/aromatic N) is 3. The quantitative estimate of drug-likeness (QED) is 0.832. The Morgan fingerprint density at radius 2 is 2.44 bits per heavy atom. The van der Waals surface area contributed by atoms with E-state index in [9.17, 15) is 0 Å². The maximum Gasteiger partial charge on any atom is 0.158 e. The monoisotopic (exact) mass is 221 g/mol. The Hall–Kier alpha value is -1.62. The van der Waals surface area contributed by atoms with Crippen LogP contribution in [0.4, 0.5) is 0 Å². The number of aromatic nitrogens is 3. The summed E-state index contributed by atoms with van der Waals surface area (Å²) in [4.78, 5) is 0. The van der Waals surface area contributed by atoms with Crippen molar-refractivity contribution in [1.29, 1.82) is 0 Å². The molecule has 1 atom stereocenters. The van der Waals surface area contributed by atoms with Crippen molar-refractivity contribution in [3.63, 3.8) is 0 Å². The molecule has 0 saturated heterocycles. The first-order valence-corrected chi connectivity index (χ1v) is 5.33. The minimum Gasteiger partial charge on any atom is -0.469 e. The molecule has 0 amide bonds. The van der Waals surface area contributed by atoms with Crippen molar-refractivity contribution in [2.75, 3.05) is 0 Å². The van der Waals surface area contributed by atoms with E-state index in [2.05, 4.69) is 17.1 Å². The van der Waals surface area contributed by atoms with Gasteiger partial charge in [-0.1, -0.05) is 0 Å². The molecule has 0 saturated carbocycles. The highest BCUT2D eigenvalue weighted by molar-refractivity contribution is 4.98. The second-order valence-corrected chi connectivity index (χ2v) is 3.78. The Morgan fingerprint density at radius 3 is 3.12 bits per heavy atom. The number of aryl methyl sites for hydroxylation is 1. The molecule has 5 heteroatoms. The molecule has 1 N–H and O–H groups in total. The van der Waals surface area contributed by atoms with Gasteiger partial charge in [0.25, 0.3) is 0 Å². The Balaban J connectivity index is 1.95. The third-order valence-electron chi connectivity index (χ3n) is 2.65. The van der Waals surface area contributed by atoms with Gasteiger partial charge in [-0.2, -0.15) is 0 Å². The summed E-state index contributed by atoms with van der Waals surface area (Å²) in [6.45, 7) is 2.00. The molecule has 2 aromatic rings. The van der Waals surface area contributed by atoms with E-state index >= 15 is 0 Å². The first kappa shape index (κ1) is 10.9. The lowest BCUT2D eigenvalue weighted by Crippen LogP contribution is -2.09. The van der Waals surface area contributed by atoms with E-state index in [4.69, 9.17) is 9.52 Å². The molecule has 0 spiro atoms. The average molecular weight is 221 g/mol. The van der Waals surface area contributed by atoms with E-state index in [1.165, 1.54) is 0 Å². The number of rotatable bonds is 5. The van der Waals surface area contributed by atoms with E-state index < -0.39 is 0 Å². The van der Waals surface area contributed by atoms with Gasteiger partial charge in [-0.25, -0.2) is 0 Å². The normalized spacial score (nSPS) is 12.9.